The minimum atomic E-state index is -3.85. The number of sulfonamides is 1. The van der Waals surface area contributed by atoms with Crippen LogP contribution in [0.1, 0.15) is 108 Å². The molecule has 0 radical (unpaired) electrons. The van der Waals surface area contributed by atoms with Crippen LogP contribution >= 0.6 is 0 Å². The Labute approximate surface area is 286 Å². The van der Waals surface area contributed by atoms with Crippen molar-refractivity contribution in [3.63, 3.8) is 0 Å². The standard InChI is InChI=1S/C37H42N4O7S/c1-22(2)49(45,46)39-36(42)24-9-11-30-32(19-24)40-21-26(34-31(37(43)44)20-38-41(34)27-13-15-48-16-14-27)17-25-18-28(47-3)10-12-29(25)35(40)33(30)23-7-5-4-6-8-23/h9-12,17-20,22-23,27H,4-8,13-16,21H2,1-3H3,(H,39,42)(H,43,44). The van der Waals surface area contributed by atoms with Crippen molar-refractivity contribution in [1.82, 2.24) is 19.1 Å². The van der Waals surface area contributed by atoms with Gasteiger partial charge in [0.25, 0.3) is 5.91 Å². The number of carboxylic acids is 1. The predicted octanol–water partition coefficient (Wildman–Crippen LogP) is 6.63. The molecule has 2 fully saturated rings. The summed E-state index contributed by atoms with van der Waals surface area (Å²) in [6, 6.07) is 11.4. The Balaban J connectivity index is 1.49. The molecule has 7 rings (SSSR count). The molecule has 12 heteroatoms. The number of aromatic carboxylic acids is 1. The van der Waals surface area contributed by atoms with Crippen molar-refractivity contribution in [1.29, 1.82) is 0 Å². The number of methoxy groups -OCH3 is 1. The molecule has 4 heterocycles. The van der Waals surface area contributed by atoms with E-state index in [-0.39, 0.29) is 23.1 Å². The lowest BCUT2D eigenvalue weighted by molar-refractivity contribution is 0.0656. The Morgan fingerprint density at radius 3 is 2.47 bits per heavy atom. The fourth-order valence-electron chi connectivity index (χ4n) is 7.68. The molecular weight excluding hydrogens is 644 g/mol. The molecule has 49 heavy (non-hydrogen) atoms. The maximum absolute atomic E-state index is 13.4. The minimum Gasteiger partial charge on any atom is -0.497 e. The summed E-state index contributed by atoms with van der Waals surface area (Å²) < 4.78 is 42.9. The van der Waals surface area contributed by atoms with Gasteiger partial charge in [-0.05, 0) is 98.6 Å². The van der Waals surface area contributed by atoms with Crippen molar-refractivity contribution in [2.75, 3.05) is 20.3 Å². The monoisotopic (exact) mass is 686 g/mol. The fourth-order valence-corrected chi connectivity index (χ4v) is 8.29. The van der Waals surface area contributed by atoms with Gasteiger partial charge in [0.15, 0.2) is 0 Å². The van der Waals surface area contributed by atoms with Crippen LogP contribution in [0.15, 0.2) is 42.6 Å². The summed E-state index contributed by atoms with van der Waals surface area (Å²) in [5.74, 6) is -0.784. The number of rotatable bonds is 8. The third-order valence-corrected chi connectivity index (χ3v) is 12.0. The molecule has 0 unspecified atom stereocenters. The highest BCUT2D eigenvalue weighted by molar-refractivity contribution is 7.90. The van der Waals surface area contributed by atoms with E-state index in [1.807, 2.05) is 29.0 Å². The fraction of sp³-hybridized carbons (Fsp3) is 0.432. The van der Waals surface area contributed by atoms with E-state index in [0.29, 0.717) is 44.0 Å². The van der Waals surface area contributed by atoms with Gasteiger partial charge < -0.3 is 19.1 Å². The van der Waals surface area contributed by atoms with E-state index in [1.54, 1.807) is 19.2 Å². The van der Waals surface area contributed by atoms with Crippen LogP contribution in [0.5, 0.6) is 5.75 Å². The molecule has 0 bridgehead atoms. The number of allylic oxidation sites excluding steroid dienone is 1. The maximum atomic E-state index is 13.4. The van der Waals surface area contributed by atoms with E-state index in [2.05, 4.69) is 20.5 Å². The Hall–Kier alpha value is -4.42. The smallest absolute Gasteiger partial charge is 0.339 e. The Morgan fingerprint density at radius 1 is 1.02 bits per heavy atom. The number of hydrogen-bond acceptors (Lipinski definition) is 7. The van der Waals surface area contributed by atoms with Gasteiger partial charge in [0.1, 0.15) is 11.3 Å². The van der Waals surface area contributed by atoms with E-state index < -0.39 is 27.1 Å². The van der Waals surface area contributed by atoms with Crippen LogP contribution in [0.2, 0.25) is 0 Å². The van der Waals surface area contributed by atoms with Gasteiger partial charge in [-0.2, -0.15) is 5.10 Å². The molecule has 2 aromatic heterocycles. The molecule has 1 aliphatic carbocycles. The summed E-state index contributed by atoms with van der Waals surface area (Å²) in [4.78, 5) is 26.1. The van der Waals surface area contributed by atoms with Crippen molar-refractivity contribution in [2.24, 2.45) is 0 Å². The zero-order chi connectivity index (χ0) is 34.4. The summed E-state index contributed by atoms with van der Waals surface area (Å²) in [5, 5.41) is 15.3. The van der Waals surface area contributed by atoms with Gasteiger partial charge in [0.2, 0.25) is 10.0 Å². The predicted molar refractivity (Wildman–Crippen MR) is 187 cm³/mol. The second kappa shape index (κ2) is 13.1. The molecule has 258 valence electrons. The van der Waals surface area contributed by atoms with Crippen LogP contribution in [-0.4, -0.2) is 65.3 Å². The first-order chi connectivity index (χ1) is 23.6. The molecule has 0 spiro atoms. The highest BCUT2D eigenvalue weighted by atomic mass is 32.2. The normalized spacial score (nSPS) is 17.3. The number of hydrogen-bond donors (Lipinski definition) is 2. The molecule has 2 aliphatic heterocycles. The van der Waals surface area contributed by atoms with Crippen molar-refractivity contribution < 1.29 is 32.6 Å². The van der Waals surface area contributed by atoms with Crippen molar-refractivity contribution in [3.8, 4) is 17.0 Å². The number of carbonyl (C=O) groups excluding carboxylic acids is 1. The maximum Gasteiger partial charge on any atom is 0.339 e. The van der Waals surface area contributed by atoms with E-state index in [0.717, 1.165) is 59.0 Å². The number of nitrogens with zero attached hydrogens (tertiary/aromatic N) is 3. The zero-order valence-corrected chi connectivity index (χ0v) is 28.9. The van der Waals surface area contributed by atoms with Gasteiger partial charge >= 0.3 is 5.97 Å². The topological polar surface area (TPSA) is 142 Å². The first-order valence-electron chi connectivity index (χ1n) is 17.1. The Bertz CT molecular complexity index is 2080. The highest BCUT2D eigenvalue weighted by Crippen LogP contribution is 2.48. The largest absolute Gasteiger partial charge is 0.497 e. The van der Waals surface area contributed by atoms with E-state index in [4.69, 9.17) is 9.47 Å². The van der Waals surface area contributed by atoms with Crippen molar-refractivity contribution >= 4 is 44.5 Å². The third kappa shape index (κ3) is 6.05. The van der Waals surface area contributed by atoms with E-state index >= 15 is 0 Å². The van der Waals surface area contributed by atoms with Crippen molar-refractivity contribution in [3.05, 3.63) is 70.5 Å². The van der Waals surface area contributed by atoms with E-state index in [1.165, 1.54) is 32.0 Å². The third-order valence-electron chi connectivity index (χ3n) is 10.3. The lowest BCUT2D eigenvalue weighted by Gasteiger charge is -2.25. The first-order valence-corrected chi connectivity index (χ1v) is 18.6. The summed E-state index contributed by atoms with van der Waals surface area (Å²) >= 11 is 0. The van der Waals surface area contributed by atoms with Crippen LogP contribution in [0, 0.1) is 0 Å². The first kappa shape index (κ1) is 33.1. The van der Waals surface area contributed by atoms with Crippen molar-refractivity contribution in [2.45, 2.75) is 82.5 Å². The number of benzene rings is 2. The van der Waals surface area contributed by atoms with Gasteiger partial charge in [-0.3, -0.25) is 9.48 Å². The summed E-state index contributed by atoms with van der Waals surface area (Å²) in [5.41, 5.74) is 6.54. The number of fused-ring (bicyclic) bond motifs is 5. The molecule has 2 aromatic carbocycles. The second-order valence-electron chi connectivity index (χ2n) is 13.6. The highest BCUT2D eigenvalue weighted by Gasteiger charge is 2.33. The van der Waals surface area contributed by atoms with Crippen LogP contribution < -0.4 is 9.46 Å². The average Bonchev–Trinajstić information content (AvgIpc) is 3.63. The average molecular weight is 687 g/mol. The van der Waals surface area contributed by atoms with Gasteiger partial charge in [-0.15, -0.1) is 0 Å². The van der Waals surface area contributed by atoms with Crippen LogP contribution in [0.3, 0.4) is 0 Å². The summed E-state index contributed by atoms with van der Waals surface area (Å²) in [6.45, 7) is 4.50. The number of amides is 1. The van der Waals surface area contributed by atoms with Gasteiger partial charge in [0.05, 0.1) is 42.5 Å². The number of aromatic nitrogens is 3. The summed E-state index contributed by atoms with van der Waals surface area (Å²) in [7, 11) is -2.22. The molecule has 4 aromatic rings. The lowest BCUT2D eigenvalue weighted by atomic mass is 9.81. The zero-order valence-electron chi connectivity index (χ0n) is 28.1. The lowest BCUT2D eigenvalue weighted by Crippen LogP contribution is -2.35. The number of carboxylic acid groups (broad SMARTS) is 1. The second-order valence-corrected chi connectivity index (χ2v) is 15.8. The van der Waals surface area contributed by atoms with Gasteiger partial charge in [-0.1, -0.05) is 25.3 Å². The molecule has 2 N–H and O–H groups in total. The molecule has 1 amide bonds. The molecule has 3 aliphatic rings. The molecule has 11 nitrogen and oxygen atoms in total. The Kier molecular flexibility index (Phi) is 8.87. The molecular formula is C37H42N4O7S. The van der Waals surface area contributed by atoms with Crippen LogP contribution in [-0.2, 0) is 21.3 Å². The number of carbonyl (C=O) groups is 2. The number of ether oxygens (including phenoxy) is 2. The Morgan fingerprint density at radius 2 is 1.78 bits per heavy atom. The SMILES string of the molecule is COc1ccc2c(c1)C=C(c1c(C(=O)O)cnn1C1CCOCC1)Cn1c-2c(C2CCCCC2)c2ccc(C(=O)NS(=O)(=O)C(C)C)cc21. The van der Waals surface area contributed by atoms with E-state index in [9.17, 15) is 23.1 Å². The molecule has 1 saturated heterocycles. The van der Waals surface area contributed by atoms with Crippen LogP contribution in [0.4, 0.5) is 0 Å². The van der Waals surface area contributed by atoms with Gasteiger partial charge in [0, 0.05) is 35.2 Å². The quantitative estimate of drug-likeness (QED) is 0.210. The summed E-state index contributed by atoms with van der Waals surface area (Å²) in [6.07, 6.45) is 10.4. The number of nitrogens with one attached hydrogen (secondary N) is 1. The van der Waals surface area contributed by atoms with Crippen LogP contribution in [0.25, 0.3) is 33.8 Å². The minimum absolute atomic E-state index is 0.0253. The molecule has 0 atom stereocenters. The van der Waals surface area contributed by atoms with Gasteiger partial charge in [-0.25, -0.2) is 17.9 Å². The molecule has 1 saturated carbocycles.